The first-order chi connectivity index (χ1) is 6.77. The van der Waals surface area contributed by atoms with E-state index in [2.05, 4.69) is 10.3 Å². The van der Waals surface area contributed by atoms with E-state index >= 15 is 0 Å². The van der Waals surface area contributed by atoms with Gasteiger partial charge in [0.25, 0.3) is 0 Å². The summed E-state index contributed by atoms with van der Waals surface area (Å²) in [6, 6.07) is 1.85. The Hall–Kier alpha value is -1.62. The molecular formula is C9H11N3O2. The van der Waals surface area contributed by atoms with E-state index in [0.29, 0.717) is 12.2 Å². The van der Waals surface area contributed by atoms with E-state index in [1.165, 1.54) is 0 Å². The second-order valence-electron chi connectivity index (χ2n) is 3.12. The maximum atomic E-state index is 9.40. The summed E-state index contributed by atoms with van der Waals surface area (Å²) < 4.78 is 6.59. The third-order valence-corrected chi connectivity index (χ3v) is 1.99. The van der Waals surface area contributed by atoms with E-state index in [-0.39, 0.29) is 0 Å². The molecule has 2 aromatic rings. The van der Waals surface area contributed by atoms with Gasteiger partial charge in [-0.15, -0.1) is 5.10 Å². The summed E-state index contributed by atoms with van der Waals surface area (Å²) in [5.74, 6) is 0. The number of aliphatic hydroxyl groups excluding tert-OH is 1. The number of rotatable bonds is 3. The number of hydrogen-bond donors (Lipinski definition) is 1. The van der Waals surface area contributed by atoms with E-state index in [1.807, 2.05) is 6.07 Å². The summed E-state index contributed by atoms with van der Waals surface area (Å²) in [7, 11) is 0. The van der Waals surface area contributed by atoms with Gasteiger partial charge in [0.15, 0.2) is 0 Å². The van der Waals surface area contributed by atoms with Gasteiger partial charge in [0.05, 0.1) is 37.1 Å². The van der Waals surface area contributed by atoms with Crippen LogP contribution in [0.1, 0.15) is 24.3 Å². The number of aromatic nitrogens is 3. The smallest absolute Gasteiger partial charge is 0.0953 e. The van der Waals surface area contributed by atoms with Gasteiger partial charge in [-0.3, -0.25) is 0 Å². The van der Waals surface area contributed by atoms with Crippen LogP contribution in [0.15, 0.2) is 29.2 Å². The van der Waals surface area contributed by atoms with Gasteiger partial charge in [-0.2, -0.15) is 0 Å². The predicted molar refractivity (Wildman–Crippen MR) is 48.5 cm³/mol. The molecule has 0 amide bonds. The zero-order chi connectivity index (χ0) is 9.97. The van der Waals surface area contributed by atoms with Crippen LogP contribution in [0.2, 0.25) is 0 Å². The number of furan rings is 1. The highest BCUT2D eigenvalue weighted by atomic mass is 16.3. The summed E-state index contributed by atoms with van der Waals surface area (Å²) in [6.07, 6.45) is 4.25. The van der Waals surface area contributed by atoms with Crippen molar-refractivity contribution in [2.45, 2.75) is 19.6 Å². The van der Waals surface area contributed by atoms with Crippen molar-refractivity contribution >= 4 is 0 Å². The van der Waals surface area contributed by atoms with Crippen molar-refractivity contribution in [3.8, 4) is 0 Å². The van der Waals surface area contributed by atoms with Crippen LogP contribution in [0.25, 0.3) is 0 Å². The van der Waals surface area contributed by atoms with Gasteiger partial charge in [-0.25, -0.2) is 4.68 Å². The second-order valence-corrected chi connectivity index (χ2v) is 3.12. The van der Waals surface area contributed by atoms with Crippen LogP contribution in [0.5, 0.6) is 0 Å². The maximum absolute atomic E-state index is 9.40. The van der Waals surface area contributed by atoms with Crippen molar-refractivity contribution in [2.24, 2.45) is 0 Å². The van der Waals surface area contributed by atoms with Crippen LogP contribution in [0, 0.1) is 0 Å². The van der Waals surface area contributed by atoms with Gasteiger partial charge in [0, 0.05) is 5.56 Å². The molecule has 0 fully saturated rings. The molecule has 2 rings (SSSR count). The number of aliphatic hydroxyl groups is 1. The van der Waals surface area contributed by atoms with Gasteiger partial charge >= 0.3 is 0 Å². The van der Waals surface area contributed by atoms with Crippen molar-refractivity contribution in [3.05, 3.63) is 36.0 Å². The van der Waals surface area contributed by atoms with Gasteiger partial charge in [0.2, 0.25) is 0 Å². The topological polar surface area (TPSA) is 64.1 Å². The van der Waals surface area contributed by atoms with Crippen LogP contribution in [0.4, 0.5) is 0 Å². The Kier molecular flexibility index (Phi) is 2.32. The molecule has 0 spiro atoms. The quantitative estimate of drug-likeness (QED) is 0.788. The first-order valence-electron chi connectivity index (χ1n) is 4.35. The Morgan fingerprint density at radius 3 is 3.14 bits per heavy atom. The van der Waals surface area contributed by atoms with Crippen molar-refractivity contribution in [3.63, 3.8) is 0 Å². The molecule has 1 atom stereocenters. The second kappa shape index (κ2) is 3.63. The molecule has 2 aromatic heterocycles. The molecule has 0 aromatic carbocycles. The number of hydrogen-bond acceptors (Lipinski definition) is 4. The molecule has 1 N–H and O–H groups in total. The van der Waals surface area contributed by atoms with Crippen LogP contribution in [0.3, 0.4) is 0 Å². The third-order valence-electron chi connectivity index (χ3n) is 1.99. The molecule has 74 valence electrons. The SMILES string of the molecule is C[C@H](O)c1cnnn1Cc1ccoc1. The fourth-order valence-electron chi connectivity index (χ4n) is 1.27. The van der Waals surface area contributed by atoms with Gasteiger partial charge in [-0.1, -0.05) is 5.21 Å². The normalized spacial score (nSPS) is 13.0. The lowest BCUT2D eigenvalue weighted by atomic mass is 10.3. The van der Waals surface area contributed by atoms with Gasteiger partial charge in [0.1, 0.15) is 0 Å². The number of nitrogens with zero attached hydrogens (tertiary/aromatic N) is 3. The molecule has 5 nitrogen and oxygen atoms in total. The highest BCUT2D eigenvalue weighted by molar-refractivity contribution is 5.08. The minimum atomic E-state index is -0.558. The molecule has 0 saturated carbocycles. The lowest BCUT2D eigenvalue weighted by molar-refractivity contribution is 0.188. The Morgan fingerprint density at radius 1 is 1.64 bits per heavy atom. The molecule has 5 heteroatoms. The lowest BCUT2D eigenvalue weighted by Gasteiger charge is -2.05. The zero-order valence-electron chi connectivity index (χ0n) is 7.79. The largest absolute Gasteiger partial charge is 0.472 e. The van der Waals surface area contributed by atoms with E-state index < -0.39 is 6.10 Å². The molecule has 0 unspecified atom stereocenters. The predicted octanol–water partition coefficient (Wildman–Crippen LogP) is 0.973. The van der Waals surface area contributed by atoms with Crippen LogP contribution >= 0.6 is 0 Å². The van der Waals surface area contributed by atoms with Crippen molar-refractivity contribution in [1.29, 1.82) is 0 Å². The fraction of sp³-hybridized carbons (Fsp3) is 0.333. The van der Waals surface area contributed by atoms with Crippen molar-refractivity contribution < 1.29 is 9.52 Å². The first-order valence-corrected chi connectivity index (χ1v) is 4.35. The highest BCUT2D eigenvalue weighted by Crippen LogP contribution is 2.11. The average Bonchev–Trinajstić information content (AvgIpc) is 2.75. The minimum Gasteiger partial charge on any atom is -0.472 e. The minimum absolute atomic E-state index is 0.558. The Labute approximate surface area is 81.0 Å². The lowest BCUT2D eigenvalue weighted by Crippen LogP contribution is -2.07. The third kappa shape index (κ3) is 1.67. The van der Waals surface area contributed by atoms with Crippen LogP contribution < -0.4 is 0 Å². The van der Waals surface area contributed by atoms with Crippen molar-refractivity contribution in [1.82, 2.24) is 15.0 Å². The van der Waals surface area contributed by atoms with Crippen LogP contribution in [-0.2, 0) is 6.54 Å². The standard InChI is InChI=1S/C9H11N3O2/c1-7(13)9-4-10-11-12(9)5-8-2-3-14-6-8/h2-4,6-7,13H,5H2,1H3/t7-/m0/s1. The Bertz CT molecular complexity index is 392. The molecular weight excluding hydrogens is 182 g/mol. The molecule has 0 aliphatic rings. The first kappa shape index (κ1) is 8.96. The molecule has 0 saturated heterocycles. The zero-order valence-corrected chi connectivity index (χ0v) is 7.79. The summed E-state index contributed by atoms with van der Waals surface area (Å²) in [4.78, 5) is 0. The molecule has 14 heavy (non-hydrogen) atoms. The monoisotopic (exact) mass is 193 g/mol. The Balaban J connectivity index is 2.21. The van der Waals surface area contributed by atoms with Crippen LogP contribution in [-0.4, -0.2) is 20.1 Å². The summed E-state index contributed by atoms with van der Waals surface area (Å²) in [5, 5.41) is 17.0. The van der Waals surface area contributed by atoms with E-state index in [9.17, 15) is 5.11 Å². The Morgan fingerprint density at radius 2 is 2.50 bits per heavy atom. The molecule has 0 aliphatic carbocycles. The maximum Gasteiger partial charge on any atom is 0.0953 e. The summed E-state index contributed by atoms with van der Waals surface area (Å²) in [5.41, 5.74) is 1.70. The molecule has 0 bridgehead atoms. The van der Waals surface area contributed by atoms with Crippen molar-refractivity contribution in [2.75, 3.05) is 0 Å². The molecule has 0 radical (unpaired) electrons. The average molecular weight is 193 g/mol. The summed E-state index contributed by atoms with van der Waals surface area (Å²) >= 11 is 0. The molecule has 2 heterocycles. The highest BCUT2D eigenvalue weighted by Gasteiger charge is 2.09. The van der Waals surface area contributed by atoms with E-state index in [4.69, 9.17) is 4.42 Å². The fourth-order valence-corrected chi connectivity index (χ4v) is 1.27. The van der Waals surface area contributed by atoms with Gasteiger partial charge < -0.3 is 9.52 Å². The summed E-state index contributed by atoms with van der Waals surface area (Å²) in [6.45, 7) is 2.25. The van der Waals surface area contributed by atoms with Gasteiger partial charge in [-0.05, 0) is 13.0 Å². The molecule has 0 aliphatic heterocycles. The van der Waals surface area contributed by atoms with E-state index in [1.54, 1.807) is 30.3 Å². The van der Waals surface area contributed by atoms with E-state index in [0.717, 1.165) is 5.56 Å².